The van der Waals surface area contributed by atoms with Gasteiger partial charge < -0.3 is 69.7 Å². The van der Waals surface area contributed by atoms with Crippen molar-refractivity contribution in [1.82, 2.24) is 29.9 Å². The maximum Gasteiger partial charge on any atom is 1.00 e. The molecule has 76 heavy (non-hydrogen) atoms. The van der Waals surface area contributed by atoms with Crippen LogP contribution in [0.1, 0.15) is 11.1 Å². The molecule has 2 heterocycles. The van der Waals surface area contributed by atoms with Crippen LogP contribution in [0.25, 0.3) is 12.2 Å². The summed E-state index contributed by atoms with van der Waals surface area (Å²) < 4.78 is 144. The number of benzene rings is 4. The van der Waals surface area contributed by atoms with Gasteiger partial charge in [-0.1, -0.05) is 24.3 Å². The molecule has 0 unspecified atom stereocenters. The van der Waals surface area contributed by atoms with Gasteiger partial charge in [0, 0.05) is 48.9 Å². The van der Waals surface area contributed by atoms with Crippen molar-refractivity contribution in [1.29, 1.82) is 0 Å². The minimum absolute atomic E-state index is 0. The van der Waals surface area contributed by atoms with Crippen molar-refractivity contribution in [3.8, 4) is 0 Å². The van der Waals surface area contributed by atoms with Gasteiger partial charge in [-0.15, -0.1) is 0 Å². The number of rotatable bonds is 24. The van der Waals surface area contributed by atoms with Crippen molar-refractivity contribution in [2.24, 2.45) is 0 Å². The van der Waals surface area contributed by atoms with Crippen molar-refractivity contribution in [3.63, 3.8) is 0 Å². The van der Waals surface area contributed by atoms with Gasteiger partial charge in [-0.3, -0.25) is 0 Å². The van der Waals surface area contributed by atoms with E-state index in [0.717, 1.165) is 48.6 Å². The number of anilines is 10. The molecule has 8 N–H and O–H groups in total. The van der Waals surface area contributed by atoms with Gasteiger partial charge >= 0.3 is 162 Å². The van der Waals surface area contributed by atoms with E-state index in [-0.39, 0.29) is 258 Å². The van der Waals surface area contributed by atoms with Crippen LogP contribution in [0.4, 0.5) is 58.4 Å². The van der Waals surface area contributed by atoms with E-state index >= 15 is 0 Å². The Balaban J connectivity index is 0.00000494. The summed E-state index contributed by atoms with van der Waals surface area (Å²) >= 11 is 0. The largest absolute Gasteiger partial charge is 1.00 e. The molecule has 0 spiro atoms. The summed E-state index contributed by atoms with van der Waals surface area (Å²) in [5, 5.41) is 49.6. The fourth-order valence-corrected chi connectivity index (χ4v) is 8.71. The van der Waals surface area contributed by atoms with Crippen LogP contribution in [0.2, 0.25) is 0 Å². The van der Waals surface area contributed by atoms with Crippen molar-refractivity contribution in [2.75, 3.05) is 83.7 Å². The normalized spacial score (nSPS) is 11.5. The molecule has 0 aliphatic heterocycles. The van der Waals surface area contributed by atoms with Crippen molar-refractivity contribution in [3.05, 3.63) is 96.1 Å². The molecule has 0 bridgehead atoms. The molecule has 0 atom stereocenters. The third kappa shape index (κ3) is 20.6. The van der Waals surface area contributed by atoms with Crippen LogP contribution >= 0.6 is 0 Å². The van der Waals surface area contributed by atoms with E-state index < -0.39 is 86.5 Å². The second kappa shape index (κ2) is 31.4. The molecule has 0 saturated heterocycles. The molecule has 0 fully saturated rings. The predicted octanol–water partition coefficient (Wildman–Crippen LogP) is -11.6. The molecule has 0 aliphatic rings. The summed E-state index contributed by atoms with van der Waals surface area (Å²) in [4.78, 5) is 25.7. The van der Waals surface area contributed by atoms with Crippen LogP contribution in [0.15, 0.2) is 105 Å². The maximum atomic E-state index is 12.6. The molecule has 36 heteroatoms. The van der Waals surface area contributed by atoms with E-state index in [0.29, 0.717) is 0 Å². The Labute approximate surface area is 565 Å². The zero-order valence-corrected chi connectivity index (χ0v) is 54.3. The van der Waals surface area contributed by atoms with E-state index in [1.54, 1.807) is 0 Å². The number of hydrogen-bond acceptors (Lipinski definition) is 28. The molecule has 28 nitrogen and oxygen atoms in total. The molecule has 6 rings (SSSR count). The first-order valence-electron chi connectivity index (χ1n) is 20.5. The van der Waals surface area contributed by atoms with E-state index in [4.69, 9.17) is 0 Å². The number of nitrogens with zero attached hydrogens (tertiary/aromatic N) is 8. The smallest absolute Gasteiger partial charge is 0.744 e. The molecule has 0 amide bonds. The van der Waals surface area contributed by atoms with Gasteiger partial charge in [0.2, 0.25) is 35.7 Å². The number of aliphatic hydroxyl groups is 4. The predicted molar refractivity (Wildman–Crippen MR) is 252 cm³/mol. The first-order chi connectivity index (χ1) is 34.0. The third-order valence-electron chi connectivity index (χ3n) is 9.61. The van der Waals surface area contributed by atoms with Crippen molar-refractivity contribution >= 4 is 111 Å². The van der Waals surface area contributed by atoms with Gasteiger partial charge in [0.1, 0.15) is 40.5 Å². The van der Waals surface area contributed by atoms with Gasteiger partial charge in [-0.25, -0.2) is 33.7 Å². The average Bonchev–Trinajstić information content (AvgIpc) is 3.30. The standard InChI is InChI=1S/C40H44N12O16S4.2K.2Na/c53-19-15-51(16-20-54)39-47-35(41-27-7-11-31(12-8-27)69(57,58)59)45-37(49-39)43-29-5-3-25(33(23-29)71(63,64)65)1-2-26-4-6-30(24-34(26)72(66,67)68)44-38-46-36(48-40(50-38)52(17-21-55)18-22-56)42-28-9-13-32(14-10-28)70(60,61)62;;;;/h1-14,23-24,53-56H,15-22H2,(H,57,58,59)(H,60,61,62)(H,63,64,65)(H,66,67,68)(H2,41,43,45,47,49)(H2,42,44,46,48,50);;;;/q;4*+1/p-4/b2-1+;;;;. The van der Waals surface area contributed by atoms with Crippen LogP contribution in [0.3, 0.4) is 0 Å². The van der Waals surface area contributed by atoms with Gasteiger partial charge in [-0.2, -0.15) is 29.9 Å². The fraction of sp³-hybridized carbons (Fsp3) is 0.200. The monoisotopic (exact) mass is 1200 g/mol. The molecular weight excluding hydrogens is 1160 g/mol. The summed E-state index contributed by atoms with van der Waals surface area (Å²) in [5.74, 6) is -1.12. The van der Waals surface area contributed by atoms with Crippen molar-refractivity contribution < 1.29 is 234 Å². The topological polar surface area (TPSA) is 442 Å². The van der Waals surface area contributed by atoms with E-state index in [1.807, 2.05) is 0 Å². The van der Waals surface area contributed by atoms with E-state index in [9.17, 15) is 72.3 Å². The van der Waals surface area contributed by atoms with E-state index in [1.165, 1.54) is 58.3 Å². The minimum atomic E-state index is -5.30. The van der Waals surface area contributed by atoms with Crippen LogP contribution in [-0.2, 0) is 40.5 Å². The summed E-state index contributed by atoms with van der Waals surface area (Å²) in [5.41, 5.74) is -0.253. The fourth-order valence-electron chi connectivity index (χ4n) is 6.38. The molecule has 2 aromatic heterocycles. The number of aromatic nitrogens is 6. The summed E-state index contributed by atoms with van der Waals surface area (Å²) in [6.07, 6.45) is 2.12. The first kappa shape index (κ1) is 70.3. The molecular formula is C40H40K2N12Na2O16S4. The molecule has 0 radical (unpaired) electrons. The second-order valence-electron chi connectivity index (χ2n) is 14.6. The molecule has 0 aliphatic carbocycles. The average molecular weight is 1200 g/mol. The van der Waals surface area contributed by atoms with Crippen LogP contribution in [0.5, 0.6) is 0 Å². The quantitative estimate of drug-likeness (QED) is 0.0158. The first-order valence-corrected chi connectivity index (χ1v) is 26.1. The Morgan fingerprint density at radius 2 is 0.671 bits per heavy atom. The molecule has 6 aromatic rings. The Morgan fingerprint density at radius 1 is 0.408 bits per heavy atom. The van der Waals surface area contributed by atoms with Crippen LogP contribution in [-0.4, -0.2) is 155 Å². The number of aliphatic hydroxyl groups excluding tert-OH is 4. The van der Waals surface area contributed by atoms with Gasteiger partial charge in [0.25, 0.3) is 0 Å². The van der Waals surface area contributed by atoms with Crippen LogP contribution < -0.4 is 193 Å². The molecule has 4 aromatic carbocycles. The third-order valence-corrected chi connectivity index (χ3v) is 13.1. The number of nitrogens with one attached hydrogen (secondary N) is 4. The molecule has 384 valence electrons. The second-order valence-corrected chi connectivity index (χ2v) is 20.1. The Hall–Kier alpha value is -1.81. The van der Waals surface area contributed by atoms with Gasteiger partial charge in [0.15, 0.2) is 0 Å². The summed E-state index contributed by atoms with van der Waals surface area (Å²) in [7, 11) is -20.1. The maximum absolute atomic E-state index is 12.6. The molecule has 0 saturated carbocycles. The minimum Gasteiger partial charge on any atom is -0.744 e. The SMILES string of the molecule is O=S(=O)([O-])c1ccc(Nc2nc(Nc3ccc(/C=C/c4ccc(Nc5nc(Nc6ccc(S(=O)(=O)[O-])cc6)nc(N(CCO)CCO)n5)cc4S(=O)(=O)[O-])c(S(=O)(=O)[O-])c3)nc(N(CCO)CCO)n2)cc1.[K+].[K+].[Na+].[Na+]. The van der Waals surface area contributed by atoms with Gasteiger partial charge in [0.05, 0.1) is 46.0 Å². The van der Waals surface area contributed by atoms with Gasteiger partial charge in [-0.05, 0) is 83.9 Å². The van der Waals surface area contributed by atoms with Crippen molar-refractivity contribution in [2.45, 2.75) is 19.6 Å². The Bertz CT molecular complexity index is 3190. The zero-order chi connectivity index (χ0) is 52.4. The zero-order valence-electron chi connectivity index (χ0n) is 40.8. The van der Waals surface area contributed by atoms with E-state index in [2.05, 4.69) is 51.2 Å². The Kier molecular flexibility index (Phi) is 29.1. The van der Waals surface area contributed by atoms with Crippen LogP contribution in [0, 0.1) is 0 Å². The number of hydrogen-bond donors (Lipinski definition) is 8. The Morgan fingerprint density at radius 3 is 0.921 bits per heavy atom. The summed E-state index contributed by atoms with van der Waals surface area (Å²) in [6, 6.07) is 15.9. The summed E-state index contributed by atoms with van der Waals surface area (Å²) in [6.45, 7) is -1.84.